The smallest absolute Gasteiger partial charge is 0.224 e. The number of rotatable bonds is 7. The molecule has 0 saturated carbocycles. The van der Waals surface area contributed by atoms with Crippen molar-refractivity contribution in [1.82, 2.24) is 10.2 Å². The van der Waals surface area contributed by atoms with Gasteiger partial charge in [0.05, 0.1) is 12.5 Å². The molecule has 0 aliphatic heterocycles. The Hall–Kier alpha value is -1.75. The summed E-state index contributed by atoms with van der Waals surface area (Å²) in [7, 11) is 4.06. The van der Waals surface area contributed by atoms with E-state index in [0.29, 0.717) is 18.7 Å². The van der Waals surface area contributed by atoms with Crippen LogP contribution in [0.5, 0.6) is 0 Å². The summed E-state index contributed by atoms with van der Waals surface area (Å²) in [6, 6.07) is 16.2. The third kappa shape index (κ3) is 7.24. The minimum atomic E-state index is 0. The van der Waals surface area contributed by atoms with Gasteiger partial charge in [-0.1, -0.05) is 43.3 Å². The van der Waals surface area contributed by atoms with Crippen molar-refractivity contribution in [3.63, 3.8) is 0 Å². The molecule has 2 aromatic carbocycles. The minimum absolute atomic E-state index is 0. The summed E-state index contributed by atoms with van der Waals surface area (Å²) in [5.41, 5.74) is 9.88. The Kier molecular flexibility index (Phi) is 11.0. The molecule has 0 bridgehead atoms. The van der Waals surface area contributed by atoms with Gasteiger partial charge in [0.1, 0.15) is 0 Å². The molecular weight excluding hydrogens is 369 g/mol. The van der Waals surface area contributed by atoms with Gasteiger partial charge in [0.2, 0.25) is 5.91 Å². The molecule has 1 amide bonds. The van der Waals surface area contributed by atoms with E-state index in [4.69, 9.17) is 5.73 Å². The number of hydrogen-bond donors (Lipinski definition) is 2. The minimum Gasteiger partial charge on any atom is -0.399 e. The predicted octanol–water partition coefficient (Wildman–Crippen LogP) is 3.64. The molecular formula is C20H29Cl2N3O. The first kappa shape index (κ1) is 24.2. The zero-order valence-electron chi connectivity index (χ0n) is 15.6. The van der Waals surface area contributed by atoms with Gasteiger partial charge in [-0.2, -0.15) is 0 Å². The Labute approximate surface area is 169 Å². The van der Waals surface area contributed by atoms with Crippen LogP contribution >= 0.6 is 24.8 Å². The van der Waals surface area contributed by atoms with Gasteiger partial charge in [-0.25, -0.2) is 0 Å². The first-order chi connectivity index (χ1) is 11.5. The Morgan fingerprint density at radius 3 is 2.04 bits per heavy atom. The van der Waals surface area contributed by atoms with Crippen molar-refractivity contribution in [3.05, 3.63) is 65.2 Å². The normalized spacial score (nSPS) is 11.2. The second-order valence-electron chi connectivity index (χ2n) is 6.30. The van der Waals surface area contributed by atoms with Crippen LogP contribution in [-0.2, 0) is 17.6 Å². The molecule has 0 aromatic heterocycles. The molecule has 2 rings (SSSR count). The topological polar surface area (TPSA) is 58.4 Å². The molecule has 26 heavy (non-hydrogen) atoms. The quantitative estimate of drug-likeness (QED) is 0.701. The molecule has 0 saturated heterocycles. The maximum Gasteiger partial charge on any atom is 0.224 e. The van der Waals surface area contributed by atoms with Gasteiger partial charge >= 0.3 is 0 Å². The number of nitrogens with two attached hydrogens (primary N) is 1. The average Bonchev–Trinajstić information content (AvgIpc) is 2.57. The molecule has 1 unspecified atom stereocenters. The van der Waals surface area contributed by atoms with Crippen molar-refractivity contribution in [2.75, 3.05) is 26.4 Å². The second-order valence-corrected chi connectivity index (χ2v) is 6.30. The van der Waals surface area contributed by atoms with Crippen molar-refractivity contribution < 1.29 is 4.79 Å². The number of carbonyl (C=O) groups excluding carboxylic acids is 1. The van der Waals surface area contributed by atoms with Gasteiger partial charge in [-0.05, 0) is 49.3 Å². The molecule has 0 fully saturated rings. The summed E-state index contributed by atoms with van der Waals surface area (Å²) >= 11 is 0. The van der Waals surface area contributed by atoms with E-state index in [0.717, 1.165) is 12.0 Å². The van der Waals surface area contributed by atoms with Crippen LogP contribution in [0.3, 0.4) is 0 Å². The van der Waals surface area contributed by atoms with Gasteiger partial charge < -0.3 is 16.0 Å². The van der Waals surface area contributed by atoms with Crippen molar-refractivity contribution >= 4 is 36.4 Å². The number of nitrogen functional groups attached to an aromatic ring is 1. The van der Waals surface area contributed by atoms with E-state index in [-0.39, 0.29) is 36.8 Å². The first-order valence-corrected chi connectivity index (χ1v) is 8.36. The Morgan fingerprint density at radius 2 is 1.54 bits per heavy atom. The highest BCUT2D eigenvalue weighted by molar-refractivity contribution is 5.85. The molecule has 0 radical (unpaired) electrons. The highest BCUT2D eigenvalue weighted by atomic mass is 35.5. The lowest BCUT2D eigenvalue weighted by atomic mass is 10.0. The molecule has 3 N–H and O–H groups in total. The van der Waals surface area contributed by atoms with Crippen LogP contribution in [0.4, 0.5) is 5.69 Å². The monoisotopic (exact) mass is 397 g/mol. The molecule has 0 spiro atoms. The number of nitrogens with one attached hydrogen (secondary N) is 1. The molecule has 0 aliphatic carbocycles. The Morgan fingerprint density at radius 1 is 1.00 bits per heavy atom. The third-order valence-electron chi connectivity index (χ3n) is 4.23. The van der Waals surface area contributed by atoms with E-state index >= 15 is 0 Å². The van der Waals surface area contributed by atoms with Crippen molar-refractivity contribution in [1.29, 1.82) is 0 Å². The van der Waals surface area contributed by atoms with Crippen LogP contribution < -0.4 is 11.1 Å². The summed E-state index contributed by atoms with van der Waals surface area (Å²) < 4.78 is 0. The number of hydrogen-bond acceptors (Lipinski definition) is 3. The highest BCUT2D eigenvalue weighted by Crippen LogP contribution is 2.18. The maximum atomic E-state index is 12.2. The number of anilines is 1. The van der Waals surface area contributed by atoms with Crippen molar-refractivity contribution in [2.24, 2.45) is 0 Å². The largest absolute Gasteiger partial charge is 0.399 e. The van der Waals surface area contributed by atoms with Gasteiger partial charge in [-0.3, -0.25) is 4.79 Å². The number of halogens is 2. The summed E-state index contributed by atoms with van der Waals surface area (Å²) in [5, 5.41) is 3.04. The van der Waals surface area contributed by atoms with E-state index < -0.39 is 0 Å². The molecule has 144 valence electrons. The van der Waals surface area contributed by atoms with Crippen molar-refractivity contribution in [2.45, 2.75) is 25.8 Å². The molecule has 0 aliphatic rings. The Bertz CT molecular complexity index is 658. The molecule has 6 heteroatoms. The number of amides is 1. The van der Waals surface area contributed by atoms with Crippen LogP contribution in [0.25, 0.3) is 0 Å². The highest BCUT2D eigenvalue weighted by Gasteiger charge is 2.15. The summed E-state index contributed by atoms with van der Waals surface area (Å²) in [5.74, 6) is 0.0248. The lowest BCUT2D eigenvalue weighted by molar-refractivity contribution is -0.120. The maximum absolute atomic E-state index is 12.2. The van der Waals surface area contributed by atoms with Gasteiger partial charge in [0.15, 0.2) is 0 Å². The van der Waals surface area contributed by atoms with E-state index in [1.54, 1.807) is 0 Å². The summed E-state index contributed by atoms with van der Waals surface area (Å²) in [6.45, 7) is 2.74. The summed E-state index contributed by atoms with van der Waals surface area (Å²) in [6.07, 6.45) is 1.40. The number of likely N-dealkylation sites (N-methyl/N-ethyl adjacent to an activating group) is 1. The number of carbonyl (C=O) groups is 1. The standard InChI is InChI=1S/C20H27N3O.2ClH/c1-4-15-5-9-17(10-6-15)19(23(2)3)14-22-20(24)13-16-7-11-18(21)12-8-16;;/h5-12,19H,4,13-14,21H2,1-3H3,(H,22,24);2*1H. The van der Waals surface area contributed by atoms with Crippen LogP contribution in [0.2, 0.25) is 0 Å². The van der Waals surface area contributed by atoms with Crippen LogP contribution in [0.1, 0.15) is 29.7 Å². The predicted molar refractivity (Wildman–Crippen MR) is 114 cm³/mol. The van der Waals surface area contributed by atoms with Crippen LogP contribution in [0.15, 0.2) is 48.5 Å². The zero-order valence-corrected chi connectivity index (χ0v) is 17.2. The molecule has 4 nitrogen and oxygen atoms in total. The Balaban J connectivity index is 0.00000312. The second kappa shape index (κ2) is 11.8. The fraction of sp³-hybridized carbons (Fsp3) is 0.350. The zero-order chi connectivity index (χ0) is 17.5. The van der Waals surface area contributed by atoms with Crippen LogP contribution in [-0.4, -0.2) is 31.4 Å². The average molecular weight is 398 g/mol. The molecule has 1 atom stereocenters. The fourth-order valence-electron chi connectivity index (χ4n) is 2.67. The van der Waals surface area contributed by atoms with Gasteiger partial charge in [0, 0.05) is 12.2 Å². The number of aryl methyl sites for hydroxylation is 1. The number of benzene rings is 2. The first-order valence-electron chi connectivity index (χ1n) is 8.36. The third-order valence-corrected chi connectivity index (χ3v) is 4.23. The van der Waals surface area contributed by atoms with E-state index in [9.17, 15) is 4.79 Å². The molecule has 2 aromatic rings. The van der Waals surface area contributed by atoms with Gasteiger partial charge in [0.25, 0.3) is 0 Å². The lowest BCUT2D eigenvalue weighted by Crippen LogP contribution is -2.35. The fourth-order valence-corrected chi connectivity index (χ4v) is 2.67. The lowest BCUT2D eigenvalue weighted by Gasteiger charge is -2.25. The molecule has 0 heterocycles. The van der Waals surface area contributed by atoms with Crippen LogP contribution in [0, 0.1) is 0 Å². The van der Waals surface area contributed by atoms with E-state index in [2.05, 4.69) is 41.4 Å². The number of nitrogens with zero attached hydrogens (tertiary/aromatic N) is 1. The van der Waals surface area contributed by atoms with Gasteiger partial charge in [-0.15, -0.1) is 24.8 Å². The van der Waals surface area contributed by atoms with E-state index in [1.165, 1.54) is 11.1 Å². The van der Waals surface area contributed by atoms with E-state index in [1.807, 2.05) is 38.4 Å². The van der Waals surface area contributed by atoms with Crippen molar-refractivity contribution in [3.8, 4) is 0 Å². The summed E-state index contributed by atoms with van der Waals surface area (Å²) in [4.78, 5) is 14.3. The SMILES string of the molecule is CCc1ccc(C(CNC(=O)Cc2ccc(N)cc2)N(C)C)cc1.Cl.Cl.